The van der Waals surface area contributed by atoms with E-state index in [1.165, 1.54) is 0 Å². The smallest absolute Gasteiger partial charge is 0.214 e. The summed E-state index contributed by atoms with van der Waals surface area (Å²) < 4.78 is 7.63. The second-order valence-electron chi connectivity index (χ2n) is 6.01. The first-order valence-electron chi connectivity index (χ1n) is 8.81. The monoisotopic (exact) mass is 447 g/mol. The molecule has 0 aliphatic heterocycles. The zero-order valence-electron chi connectivity index (χ0n) is 15.4. The average Bonchev–Trinajstić information content (AvgIpc) is 3.38. The van der Waals surface area contributed by atoms with Gasteiger partial charge in [0.15, 0.2) is 0 Å². The molecule has 2 heterocycles. The summed E-state index contributed by atoms with van der Waals surface area (Å²) in [5.41, 5.74) is 1.93. The minimum atomic E-state index is 0. The van der Waals surface area contributed by atoms with Crippen molar-refractivity contribution in [2.24, 2.45) is 0 Å². The number of hydrogen-bond donors (Lipinski definition) is 1. The van der Waals surface area contributed by atoms with Crippen LogP contribution < -0.4 is 5.32 Å². The minimum absolute atomic E-state index is 0. The molecule has 6 nitrogen and oxygen atoms in total. The highest BCUT2D eigenvalue weighted by molar-refractivity contribution is 7.99. The summed E-state index contributed by atoms with van der Waals surface area (Å²) in [6, 6.07) is 21.4. The molecule has 29 heavy (non-hydrogen) atoms. The van der Waals surface area contributed by atoms with Gasteiger partial charge in [0.25, 0.3) is 0 Å². The van der Waals surface area contributed by atoms with E-state index in [0.717, 1.165) is 40.2 Å². The van der Waals surface area contributed by atoms with E-state index in [2.05, 4.69) is 20.8 Å². The number of rotatable bonds is 8. The first-order valence-corrected chi connectivity index (χ1v) is 10.2. The van der Waals surface area contributed by atoms with Gasteiger partial charge in [0.05, 0.1) is 12.2 Å². The standard InChI is InChI=1S/C20H18ClN5OS.ClH/c21-16-6-4-5-15(13-16)19-10-9-18(27-19)14-22-11-12-28-20-23-24-25-26(20)17-7-2-1-3-8-17;/h1-10,13,22H,11-12,14H2;1H. The normalized spacial score (nSPS) is 10.7. The fourth-order valence-corrected chi connectivity index (χ4v) is 3.67. The Morgan fingerprint density at radius 3 is 2.72 bits per heavy atom. The van der Waals surface area contributed by atoms with E-state index in [9.17, 15) is 0 Å². The summed E-state index contributed by atoms with van der Waals surface area (Å²) in [4.78, 5) is 0. The van der Waals surface area contributed by atoms with Gasteiger partial charge in [-0.2, -0.15) is 4.68 Å². The number of aromatic nitrogens is 4. The van der Waals surface area contributed by atoms with Crippen LogP contribution in [0.25, 0.3) is 17.0 Å². The molecule has 150 valence electrons. The van der Waals surface area contributed by atoms with Crippen molar-refractivity contribution >= 4 is 35.8 Å². The summed E-state index contributed by atoms with van der Waals surface area (Å²) in [7, 11) is 0. The molecule has 0 spiro atoms. The van der Waals surface area contributed by atoms with E-state index in [1.54, 1.807) is 16.4 Å². The van der Waals surface area contributed by atoms with Gasteiger partial charge in [0.1, 0.15) is 11.5 Å². The molecule has 0 amide bonds. The zero-order chi connectivity index (χ0) is 19.2. The third-order valence-electron chi connectivity index (χ3n) is 4.02. The quantitative estimate of drug-likeness (QED) is 0.306. The number of para-hydroxylation sites is 1. The lowest BCUT2D eigenvalue weighted by molar-refractivity contribution is 0.499. The Labute approximate surface area is 184 Å². The Kier molecular flexibility index (Phi) is 7.71. The number of halogens is 2. The Balaban J connectivity index is 0.00000240. The van der Waals surface area contributed by atoms with Crippen LogP contribution in [-0.2, 0) is 6.54 Å². The molecular weight excluding hydrogens is 429 g/mol. The summed E-state index contributed by atoms with van der Waals surface area (Å²) in [6.45, 7) is 1.46. The Morgan fingerprint density at radius 2 is 1.90 bits per heavy atom. The molecule has 0 radical (unpaired) electrons. The van der Waals surface area contributed by atoms with Crippen LogP contribution in [-0.4, -0.2) is 32.5 Å². The fraction of sp³-hybridized carbons (Fsp3) is 0.150. The SMILES string of the molecule is Cl.Clc1cccc(-c2ccc(CNCCSc3nnnn3-c3ccccc3)o2)c1. The minimum Gasteiger partial charge on any atom is -0.460 e. The molecule has 0 bridgehead atoms. The van der Waals surface area contributed by atoms with E-state index in [0.29, 0.717) is 11.6 Å². The molecule has 0 unspecified atom stereocenters. The highest BCUT2D eigenvalue weighted by atomic mass is 35.5. The summed E-state index contributed by atoms with van der Waals surface area (Å²) >= 11 is 7.65. The molecule has 0 aliphatic carbocycles. The largest absolute Gasteiger partial charge is 0.460 e. The number of thioether (sulfide) groups is 1. The predicted octanol–water partition coefficient (Wildman–Crippen LogP) is 4.88. The number of furan rings is 1. The predicted molar refractivity (Wildman–Crippen MR) is 118 cm³/mol. The lowest BCUT2D eigenvalue weighted by atomic mass is 10.2. The molecular formula is C20H19Cl2N5OS. The van der Waals surface area contributed by atoms with Crippen LogP contribution in [0.4, 0.5) is 0 Å². The first kappa shape index (κ1) is 21.4. The van der Waals surface area contributed by atoms with E-state index in [-0.39, 0.29) is 12.4 Å². The van der Waals surface area contributed by atoms with Gasteiger partial charge in [-0.25, -0.2) is 0 Å². The topological polar surface area (TPSA) is 68.8 Å². The van der Waals surface area contributed by atoms with Crippen molar-refractivity contribution < 1.29 is 4.42 Å². The third-order valence-corrected chi connectivity index (χ3v) is 5.18. The zero-order valence-corrected chi connectivity index (χ0v) is 17.8. The Hall–Kier alpha value is -2.32. The Morgan fingerprint density at radius 1 is 1.03 bits per heavy atom. The van der Waals surface area contributed by atoms with Crippen LogP contribution in [0.5, 0.6) is 0 Å². The highest BCUT2D eigenvalue weighted by Crippen LogP contribution is 2.24. The molecule has 1 N–H and O–H groups in total. The van der Waals surface area contributed by atoms with Crippen LogP contribution in [0.2, 0.25) is 5.02 Å². The van der Waals surface area contributed by atoms with E-state index in [4.69, 9.17) is 16.0 Å². The Bertz CT molecular complexity index is 1040. The van der Waals surface area contributed by atoms with Crippen molar-refractivity contribution in [3.05, 3.63) is 77.5 Å². The van der Waals surface area contributed by atoms with Crippen molar-refractivity contribution in [1.29, 1.82) is 0 Å². The number of nitrogens with zero attached hydrogens (tertiary/aromatic N) is 4. The maximum atomic E-state index is 6.04. The molecule has 9 heteroatoms. The molecule has 2 aromatic carbocycles. The fourth-order valence-electron chi connectivity index (χ4n) is 2.70. The second-order valence-corrected chi connectivity index (χ2v) is 7.51. The van der Waals surface area contributed by atoms with Gasteiger partial charge in [0, 0.05) is 22.9 Å². The molecule has 4 aromatic rings. The summed E-state index contributed by atoms with van der Waals surface area (Å²) in [5.74, 6) is 2.54. The van der Waals surface area contributed by atoms with E-state index >= 15 is 0 Å². The van der Waals surface area contributed by atoms with Crippen molar-refractivity contribution in [1.82, 2.24) is 25.5 Å². The van der Waals surface area contributed by atoms with E-state index in [1.807, 2.05) is 66.7 Å². The maximum Gasteiger partial charge on any atom is 0.214 e. The van der Waals surface area contributed by atoms with Gasteiger partial charge in [-0.3, -0.25) is 0 Å². The molecule has 2 aromatic heterocycles. The van der Waals surface area contributed by atoms with Crippen LogP contribution in [0.15, 0.2) is 76.3 Å². The third kappa shape index (κ3) is 5.61. The van der Waals surface area contributed by atoms with Crippen LogP contribution in [0, 0.1) is 0 Å². The van der Waals surface area contributed by atoms with Gasteiger partial charge in [-0.05, 0) is 46.8 Å². The van der Waals surface area contributed by atoms with Gasteiger partial charge < -0.3 is 9.73 Å². The molecule has 4 rings (SSSR count). The maximum absolute atomic E-state index is 6.04. The highest BCUT2D eigenvalue weighted by Gasteiger charge is 2.09. The van der Waals surface area contributed by atoms with Crippen LogP contribution in [0.1, 0.15) is 5.76 Å². The first-order chi connectivity index (χ1) is 13.8. The van der Waals surface area contributed by atoms with Crippen LogP contribution in [0.3, 0.4) is 0 Å². The number of tetrazole rings is 1. The van der Waals surface area contributed by atoms with E-state index < -0.39 is 0 Å². The molecule has 0 aliphatic rings. The summed E-state index contributed by atoms with van der Waals surface area (Å²) in [6.07, 6.45) is 0. The van der Waals surface area contributed by atoms with Gasteiger partial charge in [-0.1, -0.05) is 53.7 Å². The molecule has 0 atom stereocenters. The lowest BCUT2D eigenvalue weighted by Gasteiger charge is -2.05. The second kappa shape index (κ2) is 10.5. The number of hydrogen-bond acceptors (Lipinski definition) is 6. The van der Waals surface area contributed by atoms with Crippen molar-refractivity contribution in [2.75, 3.05) is 12.3 Å². The van der Waals surface area contributed by atoms with Gasteiger partial charge in [0.2, 0.25) is 5.16 Å². The molecule has 0 fully saturated rings. The number of nitrogens with one attached hydrogen (secondary N) is 1. The van der Waals surface area contributed by atoms with Crippen LogP contribution >= 0.6 is 35.8 Å². The van der Waals surface area contributed by atoms with Crippen molar-refractivity contribution in [2.45, 2.75) is 11.7 Å². The van der Waals surface area contributed by atoms with Crippen molar-refractivity contribution in [3.63, 3.8) is 0 Å². The molecule has 0 saturated carbocycles. The van der Waals surface area contributed by atoms with Gasteiger partial charge >= 0.3 is 0 Å². The average molecular weight is 448 g/mol. The van der Waals surface area contributed by atoms with Gasteiger partial charge in [-0.15, -0.1) is 17.5 Å². The van der Waals surface area contributed by atoms with Crippen molar-refractivity contribution in [3.8, 4) is 17.0 Å². The molecule has 0 saturated heterocycles. The lowest BCUT2D eigenvalue weighted by Crippen LogP contribution is -2.16. The summed E-state index contributed by atoms with van der Waals surface area (Å²) in [5, 5.41) is 16.8. The number of benzene rings is 2.